The number of nitrogens with zero attached hydrogens (tertiary/aromatic N) is 1. The smallest absolute Gasteiger partial charge is 0.326 e. The lowest BCUT2D eigenvalue weighted by Crippen LogP contribution is -2.40. The molecule has 2 rings (SSSR count). The first-order chi connectivity index (χ1) is 10.9. The highest BCUT2D eigenvalue weighted by molar-refractivity contribution is 7.17. The van der Waals surface area contributed by atoms with Crippen molar-refractivity contribution in [1.82, 2.24) is 10.3 Å². The maximum atomic E-state index is 12.4. The van der Waals surface area contributed by atoms with Crippen LogP contribution in [0.25, 0.3) is 10.8 Å². The summed E-state index contributed by atoms with van der Waals surface area (Å²) in [5.74, 6) is -0.0475. The fourth-order valence-corrected chi connectivity index (χ4v) is 3.08. The molecule has 0 spiro atoms. The van der Waals surface area contributed by atoms with E-state index in [2.05, 4.69) is 10.3 Å². The molecule has 0 unspecified atom stereocenters. The Bertz CT molecular complexity index is 705. The number of hydrogen-bond donors (Lipinski definition) is 2. The molecule has 2 heterocycles. The van der Waals surface area contributed by atoms with Crippen molar-refractivity contribution in [3.05, 3.63) is 28.5 Å². The average molecular weight is 336 g/mol. The zero-order chi connectivity index (χ0) is 17.0. The number of carbonyl (C=O) groups is 2. The molecule has 1 amide bonds. The number of carboxylic acids is 1. The van der Waals surface area contributed by atoms with E-state index in [4.69, 9.17) is 4.42 Å². The van der Waals surface area contributed by atoms with Gasteiger partial charge in [-0.05, 0) is 32.4 Å². The van der Waals surface area contributed by atoms with Gasteiger partial charge in [-0.2, -0.15) is 0 Å². The number of unbranched alkanes of at least 4 members (excludes halogenated alkanes) is 1. The second-order valence-electron chi connectivity index (χ2n) is 5.35. The Morgan fingerprint density at radius 1 is 1.39 bits per heavy atom. The van der Waals surface area contributed by atoms with Crippen LogP contribution in [0.2, 0.25) is 0 Å². The number of aryl methyl sites for hydroxylation is 2. The molecule has 2 aromatic rings. The van der Waals surface area contributed by atoms with E-state index in [-0.39, 0.29) is 0 Å². The second-order valence-corrected chi connectivity index (χ2v) is 6.35. The lowest BCUT2D eigenvalue weighted by molar-refractivity contribution is -0.139. The van der Waals surface area contributed by atoms with Crippen molar-refractivity contribution >= 4 is 23.2 Å². The van der Waals surface area contributed by atoms with E-state index < -0.39 is 17.9 Å². The number of aromatic nitrogens is 1. The molecule has 124 valence electrons. The van der Waals surface area contributed by atoms with Gasteiger partial charge in [0.1, 0.15) is 16.7 Å². The summed E-state index contributed by atoms with van der Waals surface area (Å²) in [6.07, 6.45) is 2.04. The van der Waals surface area contributed by atoms with Crippen LogP contribution in [-0.2, 0) is 4.79 Å². The molecule has 0 bridgehead atoms. The van der Waals surface area contributed by atoms with Gasteiger partial charge in [-0.1, -0.05) is 19.8 Å². The molecule has 2 N–H and O–H groups in total. The van der Waals surface area contributed by atoms with E-state index >= 15 is 0 Å². The molecule has 0 radical (unpaired) electrons. The predicted molar refractivity (Wildman–Crippen MR) is 87.7 cm³/mol. The number of nitrogens with one attached hydrogen (secondary N) is 1. The van der Waals surface area contributed by atoms with Crippen molar-refractivity contribution < 1.29 is 19.1 Å². The molecular weight excluding hydrogens is 316 g/mol. The Hall–Kier alpha value is -2.15. The first kappa shape index (κ1) is 17.2. The van der Waals surface area contributed by atoms with E-state index in [1.807, 2.05) is 19.9 Å². The van der Waals surface area contributed by atoms with Gasteiger partial charge < -0.3 is 14.8 Å². The summed E-state index contributed by atoms with van der Waals surface area (Å²) in [5, 5.41) is 12.4. The maximum Gasteiger partial charge on any atom is 0.326 e. The Morgan fingerprint density at radius 3 is 2.70 bits per heavy atom. The highest BCUT2D eigenvalue weighted by Crippen LogP contribution is 2.29. The van der Waals surface area contributed by atoms with Gasteiger partial charge in [-0.25, -0.2) is 9.78 Å². The molecule has 0 fully saturated rings. The van der Waals surface area contributed by atoms with Gasteiger partial charge >= 0.3 is 5.97 Å². The molecule has 7 heteroatoms. The molecule has 23 heavy (non-hydrogen) atoms. The zero-order valence-electron chi connectivity index (χ0n) is 13.4. The van der Waals surface area contributed by atoms with Crippen molar-refractivity contribution in [2.75, 3.05) is 0 Å². The fraction of sp³-hybridized carbons (Fsp3) is 0.438. The molecule has 0 saturated heterocycles. The lowest BCUT2D eigenvalue weighted by Gasteiger charge is -2.13. The third-order valence-corrected chi connectivity index (χ3v) is 4.57. The Kier molecular flexibility index (Phi) is 5.54. The van der Waals surface area contributed by atoms with Crippen molar-refractivity contribution in [3.8, 4) is 10.8 Å². The van der Waals surface area contributed by atoms with Crippen LogP contribution in [0.15, 0.2) is 16.5 Å². The van der Waals surface area contributed by atoms with Crippen LogP contribution in [0, 0.1) is 13.8 Å². The van der Waals surface area contributed by atoms with Gasteiger partial charge in [-0.15, -0.1) is 11.3 Å². The summed E-state index contributed by atoms with van der Waals surface area (Å²) in [5.41, 5.74) is 0.566. The summed E-state index contributed by atoms with van der Waals surface area (Å²) in [7, 11) is 0. The molecule has 0 aliphatic rings. The first-order valence-electron chi connectivity index (χ1n) is 7.50. The molecular formula is C16H20N2O4S. The van der Waals surface area contributed by atoms with Crippen LogP contribution in [0.1, 0.15) is 47.3 Å². The van der Waals surface area contributed by atoms with Crippen LogP contribution in [0.4, 0.5) is 0 Å². The predicted octanol–water partition coefficient (Wildman–Crippen LogP) is 3.39. The number of hydrogen-bond acceptors (Lipinski definition) is 5. The van der Waals surface area contributed by atoms with Crippen molar-refractivity contribution in [1.29, 1.82) is 0 Å². The van der Waals surface area contributed by atoms with Gasteiger partial charge in [0.2, 0.25) is 0 Å². The summed E-state index contributed by atoms with van der Waals surface area (Å²) >= 11 is 1.20. The lowest BCUT2D eigenvalue weighted by atomic mass is 10.1. The minimum absolute atomic E-state index is 0.405. The number of carbonyl (C=O) groups excluding carboxylic acids is 1. The minimum Gasteiger partial charge on any atom is -0.480 e. The van der Waals surface area contributed by atoms with Crippen LogP contribution in [0.5, 0.6) is 0 Å². The summed E-state index contributed by atoms with van der Waals surface area (Å²) in [4.78, 5) is 28.4. The van der Waals surface area contributed by atoms with Crippen molar-refractivity contribution in [2.24, 2.45) is 0 Å². The molecule has 1 atom stereocenters. The van der Waals surface area contributed by atoms with Crippen molar-refractivity contribution in [3.63, 3.8) is 0 Å². The highest BCUT2D eigenvalue weighted by atomic mass is 32.1. The molecule has 0 aromatic carbocycles. The fourth-order valence-electron chi connectivity index (χ4n) is 2.15. The van der Waals surface area contributed by atoms with Gasteiger partial charge in [0.25, 0.3) is 5.91 Å². The SMILES string of the molecule is CCCC[C@H](NC(=O)c1sc(-c2ccc(C)o2)nc1C)C(=O)O. The second kappa shape index (κ2) is 7.41. The number of amides is 1. The van der Waals surface area contributed by atoms with Crippen LogP contribution in [0.3, 0.4) is 0 Å². The monoisotopic (exact) mass is 336 g/mol. The largest absolute Gasteiger partial charge is 0.480 e. The highest BCUT2D eigenvalue weighted by Gasteiger charge is 2.23. The standard InChI is InChI=1S/C16H20N2O4S/c1-4-5-6-11(16(20)21)18-14(19)13-10(3)17-15(23-13)12-8-7-9(2)22-12/h7-8,11H,4-6H2,1-3H3,(H,18,19)(H,20,21)/t11-/m0/s1. The summed E-state index contributed by atoms with van der Waals surface area (Å²) in [6.45, 7) is 5.54. The van der Waals surface area contributed by atoms with Gasteiger partial charge in [0.05, 0.1) is 5.69 Å². The normalized spacial score (nSPS) is 12.1. The van der Waals surface area contributed by atoms with Crippen LogP contribution >= 0.6 is 11.3 Å². The molecule has 0 saturated carbocycles. The van der Waals surface area contributed by atoms with E-state index in [9.17, 15) is 14.7 Å². The topological polar surface area (TPSA) is 92.4 Å². The number of carboxylic acid groups (broad SMARTS) is 1. The molecule has 0 aliphatic heterocycles. The molecule has 2 aromatic heterocycles. The summed E-state index contributed by atoms with van der Waals surface area (Å²) in [6, 6.07) is 2.76. The van der Waals surface area contributed by atoms with E-state index in [0.717, 1.165) is 18.6 Å². The quantitative estimate of drug-likeness (QED) is 0.808. The Morgan fingerprint density at radius 2 is 2.13 bits per heavy atom. The number of furan rings is 1. The van der Waals surface area contributed by atoms with Crippen LogP contribution in [-0.4, -0.2) is 28.0 Å². The molecule has 6 nitrogen and oxygen atoms in total. The van der Waals surface area contributed by atoms with Gasteiger partial charge in [0, 0.05) is 0 Å². The van der Waals surface area contributed by atoms with Crippen LogP contribution < -0.4 is 5.32 Å². The average Bonchev–Trinajstić information content (AvgIpc) is 3.09. The van der Waals surface area contributed by atoms with E-state index in [1.54, 1.807) is 13.0 Å². The first-order valence-corrected chi connectivity index (χ1v) is 8.32. The number of rotatable bonds is 7. The molecule has 0 aliphatic carbocycles. The third-order valence-electron chi connectivity index (χ3n) is 3.40. The maximum absolute atomic E-state index is 12.4. The van der Waals surface area contributed by atoms with E-state index in [0.29, 0.717) is 27.8 Å². The Balaban J connectivity index is 2.16. The van der Waals surface area contributed by atoms with Gasteiger partial charge in [-0.3, -0.25) is 4.79 Å². The van der Waals surface area contributed by atoms with E-state index in [1.165, 1.54) is 11.3 Å². The Labute approximate surface area is 138 Å². The number of thiazole rings is 1. The third kappa shape index (κ3) is 4.19. The minimum atomic E-state index is -1.02. The number of aliphatic carboxylic acids is 1. The van der Waals surface area contributed by atoms with Gasteiger partial charge in [0.15, 0.2) is 10.8 Å². The zero-order valence-corrected chi connectivity index (χ0v) is 14.2. The summed E-state index contributed by atoms with van der Waals surface area (Å²) < 4.78 is 5.51. The van der Waals surface area contributed by atoms with Crippen molar-refractivity contribution in [2.45, 2.75) is 46.1 Å².